The summed E-state index contributed by atoms with van der Waals surface area (Å²) in [5, 5.41) is 0. The van der Waals surface area contributed by atoms with E-state index in [1.807, 2.05) is 0 Å². The quantitative estimate of drug-likeness (QED) is 0.630. The van der Waals surface area contributed by atoms with Gasteiger partial charge in [-0.15, -0.1) is 0 Å². The van der Waals surface area contributed by atoms with Crippen LogP contribution in [0.4, 0.5) is 0 Å². The van der Waals surface area contributed by atoms with Crippen molar-refractivity contribution in [2.24, 2.45) is 5.92 Å². The highest BCUT2D eigenvalue weighted by Gasteiger charge is 2.20. The van der Waals surface area contributed by atoms with Crippen molar-refractivity contribution < 1.29 is 0 Å². The fourth-order valence-corrected chi connectivity index (χ4v) is 3.15. The number of rotatable bonds is 0. The summed E-state index contributed by atoms with van der Waals surface area (Å²) < 4.78 is 2.40. The molecule has 12 heavy (non-hydrogen) atoms. The molecule has 0 radical (unpaired) electrons. The average Bonchev–Trinajstić information content (AvgIpc) is 2.04. The molecule has 0 aliphatic heterocycles. The van der Waals surface area contributed by atoms with Gasteiger partial charge < -0.3 is 0 Å². The Morgan fingerprint density at radius 1 is 1.33 bits per heavy atom. The van der Waals surface area contributed by atoms with Crippen molar-refractivity contribution >= 4 is 31.9 Å². The molecule has 1 atom stereocenters. The Morgan fingerprint density at radius 3 is 2.92 bits per heavy atom. The lowest BCUT2D eigenvalue weighted by Crippen LogP contribution is -2.07. The van der Waals surface area contributed by atoms with Gasteiger partial charge >= 0.3 is 0 Å². The van der Waals surface area contributed by atoms with Crippen molar-refractivity contribution in [1.82, 2.24) is 0 Å². The van der Waals surface area contributed by atoms with Crippen LogP contribution in [-0.4, -0.2) is 0 Å². The predicted octanol–water partition coefficient (Wildman–Crippen LogP) is 4.06. The minimum Gasteiger partial charge on any atom is -0.0825 e. The lowest BCUT2D eigenvalue weighted by Gasteiger charge is -2.22. The first-order chi connectivity index (χ1) is 5.79. The van der Waals surface area contributed by atoms with E-state index in [1.54, 1.807) is 0 Å². The van der Waals surface area contributed by atoms with E-state index in [9.17, 15) is 0 Å². The van der Waals surface area contributed by atoms with Gasteiger partial charge in [-0.2, -0.15) is 0 Å². The molecular formula is C10H8Br2. The zero-order chi connectivity index (χ0) is 8.55. The Kier molecular flexibility index (Phi) is 2.37. The average molecular weight is 288 g/mol. The Balaban J connectivity index is 2.49. The third-order valence-electron chi connectivity index (χ3n) is 2.13. The molecule has 0 saturated carbocycles. The topological polar surface area (TPSA) is 0 Å². The van der Waals surface area contributed by atoms with E-state index in [2.05, 4.69) is 62.2 Å². The Labute approximate surface area is 89.0 Å². The number of allylic oxidation sites excluding steroid dienone is 8. The largest absolute Gasteiger partial charge is 0.0825 e. The highest BCUT2D eigenvalue weighted by atomic mass is 79.9. The normalized spacial score (nSPS) is 27.2. The summed E-state index contributed by atoms with van der Waals surface area (Å²) in [6.45, 7) is 0. The zero-order valence-corrected chi connectivity index (χ0v) is 9.60. The number of halogens is 2. The molecule has 0 bridgehead atoms. The molecule has 1 unspecified atom stereocenters. The number of hydrogen-bond acceptors (Lipinski definition) is 0. The van der Waals surface area contributed by atoms with Crippen LogP contribution in [0.3, 0.4) is 0 Å². The van der Waals surface area contributed by atoms with E-state index in [-0.39, 0.29) is 0 Å². The molecule has 0 amide bonds. The molecule has 2 heteroatoms. The van der Waals surface area contributed by atoms with Crippen molar-refractivity contribution in [3.63, 3.8) is 0 Å². The Bertz CT molecular complexity index is 319. The van der Waals surface area contributed by atoms with Gasteiger partial charge in [0.25, 0.3) is 0 Å². The molecule has 0 N–H and O–H groups in total. The molecule has 2 aliphatic rings. The first-order valence-electron chi connectivity index (χ1n) is 3.89. The van der Waals surface area contributed by atoms with Crippen LogP contribution >= 0.6 is 31.9 Å². The van der Waals surface area contributed by atoms with Gasteiger partial charge in [0.1, 0.15) is 0 Å². The highest BCUT2D eigenvalue weighted by molar-refractivity contribution is 9.12. The van der Waals surface area contributed by atoms with Crippen LogP contribution in [0.2, 0.25) is 0 Å². The van der Waals surface area contributed by atoms with Crippen LogP contribution in [0.1, 0.15) is 6.42 Å². The van der Waals surface area contributed by atoms with Crippen LogP contribution in [0, 0.1) is 5.92 Å². The monoisotopic (exact) mass is 286 g/mol. The van der Waals surface area contributed by atoms with E-state index in [1.165, 1.54) is 14.5 Å². The summed E-state index contributed by atoms with van der Waals surface area (Å²) in [4.78, 5) is 0. The third kappa shape index (κ3) is 1.38. The molecule has 2 rings (SSSR count). The standard InChI is InChI=1S/C10H8Br2/c11-8-5-1-3-7-4-2-6-9(12)10(7)8/h1-3,5-7H,4H2. The minimum absolute atomic E-state index is 0.559. The maximum atomic E-state index is 3.56. The predicted molar refractivity (Wildman–Crippen MR) is 59.4 cm³/mol. The molecule has 0 nitrogen and oxygen atoms in total. The van der Waals surface area contributed by atoms with Crippen LogP contribution in [0.15, 0.2) is 44.9 Å². The zero-order valence-electron chi connectivity index (χ0n) is 6.43. The summed E-state index contributed by atoms with van der Waals surface area (Å²) >= 11 is 7.12. The second-order valence-corrected chi connectivity index (χ2v) is 4.61. The molecular weight excluding hydrogens is 280 g/mol. The second-order valence-electron chi connectivity index (χ2n) is 2.91. The SMILES string of the molecule is BrC1=CC=CC2CC=CC(Br)=C12. The first kappa shape index (κ1) is 8.52. The lowest BCUT2D eigenvalue weighted by molar-refractivity contribution is 0.775. The molecule has 0 heterocycles. The molecule has 62 valence electrons. The van der Waals surface area contributed by atoms with Gasteiger partial charge in [-0.25, -0.2) is 0 Å². The lowest BCUT2D eigenvalue weighted by atomic mass is 9.88. The summed E-state index contributed by atoms with van der Waals surface area (Å²) in [6.07, 6.45) is 11.9. The number of fused-ring (bicyclic) bond motifs is 1. The molecule has 0 aromatic carbocycles. The van der Waals surface area contributed by atoms with Gasteiger partial charge in [0.15, 0.2) is 0 Å². The molecule has 0 aromatic heterocycles. The minimum atomic E-state index is 0.559. The van der Waals surface area contributed by atoms with Gasteiger partial charge in [0.05, 0.1) is 0 Å². The Hall–Kier alpha value is -0.0800. The van der Waals surface area contributed by atoms with Crippen LogP contribution in [0.5, 0.6) is 0 Å². The van der Waals surface area contributed by atoms with Gasteiger partial charge in [0, 0.05) is 14.9 Å². The number of hydrogen-bond donors (Lipinski definition) is 0. The highest BCUT2D eigenvalue weighted by Crippen LogP contribution is 2.39. The van der Waals surface area contributed by atoms with Crippen molar-refractivity contribution in [2.75, 3.05) is 0 Å². The summed E-state index contributed by atoms with van der Waals surface area (Å²) in [5.41, 5.74) is 1.38. The summed E-state index contributed by atoms with van der Waals surface area (Å²) in [7, 11) is 0. The molecule has 0 aromatic rings. The molecule has 0 fully saturated rings. The van der Waals surface area contributed by atoms with E-state index >= 15 is 0 Å². The van der Waals surface area contributed by atoms with Crippen molar-refractivity contribution in [3.05, 3.63) is 44.9 Å². The second kappa shape index (κ2) is 3.35. The molecule has 0 spiro atoms. The fourth-order valence-electron chi connectivity index (χ4n) is 1.53. The van der Waals surface area contributed by atoms with E-state index in [4.69, 9.17) is 0 Å². The van der Waals surface area contributed by atoms with E-state index in [0.29, 0.717) is 5.92 Å². The Morgan fingerprint density at radius 2 is 2.17 bits per heavy atom. The summed E-state index contributed by atoms with van der Waals surface area (Å²) in [5.74, 6) is 0.559. The van der Waals surface area contributed by atoms with Gasteiger partial charge in [-0.3, -0.25) is 0 Å². The van der Waals surface area contributed by atoms with Gasteiger partial charge in [-0.1, -0.05) is 56.2 Å². The van der Waals surface area contributed by atoms with Gasteiger partial charge in [0.2, 0.25) is 0 Å². The van der Waals surface area contributed by atoms with Crippen molar-refractivity contribution in [2.45, 2.75) is 6.42 Å². The maximum Gasteiger partial charge on any atom is 0.0224 e. The summed E-state index contributed by atoms with van der Waals surface area (Å²) in [6, 6.07) is 0. The van der Waals surface area contributed by atoms with Crippen LogP contribution < -0.4 is 0 Å². The first-order valence-corrected chi connectivity index (χ1v) is 5.48. The van der Waals surface area contributed by atoms with Gasteiger partial charge in [-0.05, 0) is 18.1 Å². The fraction of sp³-hybridized carbons (Fsp3) is 0.200. The van der Waals surface area contributed by atoms with E-state index < -0.39 is 0 Å². The van der Waals surface area contributed by atoms with Crippen molar-refractivity contribution in [1.29, 1.82) is 0 Å². The smallest absolute Gasteiger partial charge is 0.0224 e. The van der Waals surface area contributed by atoms with Crippen LogP contribution in [-0.2, 0) is 0 Å². The van der Waals surface area contributed by atoms with E-state index in [0.717, 1.165) is 6.42 Å². The maximum absolute atomic E-state index is 3.56. The van der Waals surface area contributed by atoms with Crippen molar-refractivity contribution in [3.8, 4) is 0 Å². The molecule has 0 saturated heterocycles. The van der Waals surface area contributed by atoms with Crippen LogP contribution in [0.25, 0.3) is 0 Å². The third-order valence-corrected chi connectivity index (χ3v) is 3.51. The molecule has 2 aliphatic carbocycles.